The van der Waals surface area contributed by atoms with Crippen LogP contribution in [0, 0.1) is 0 Å². The van der Waals surface area contributed by atoms with Crippen LogP contribution in [0.15, 0.2) is 6.07 Å². The van der Waals surface area contributed by atoms with Gasteiger partial charge in [-0.05, 0) is 27.2 Å². The van der Waals surface area contributed by atoms with E-state index in [-0.39, 0.29) is 11.0 Å². The minimum Gasteiger partial charge on any atom is -0.444 e. The van der Waals surface area contributed by atoms with Crippen LogP contribution in [-0.2, 0) is 10.9 Å². The second-order valence-corrected chi connectivity index (χ2v) is 5.99. The third-order valence-corrected chi connectivity index (χ3v) is 2.47. The molecule has 10 heteroatoms. The number of nitrogens with one attached hydrogen (secondary N) is 2. The first-order chi connectivity index (χ1) is 10.5. The highest BCUT2D eigenvalue weighted by atomic mass is 35.5. The summed E-state index contributed by atoms with van der Waals surface area (Å²) in [5.41, 5.74) is -0.589. The molecular weight excluding hydrogens is 337 g/mol. The van der Waals surface area contributed by atoms with Gasteiger partial charge in [0.25, 0.3) is 0 Å². The van der Waals surface area contributed by atoms with Crippen LogP contribution in [0.25, 0.3) is 0 Å². The monoisotopic (exact) mass is 354 g/mol. The lowest BCUT2D eigenvalue weighted by molar-refractivity contribution is -0.144. The Hall–Kier alpha value is -1.77. The van der Waals surface area contributed by atoms with Crippen LogP contribution >= 0.6 is 11.6 Å². The molecule has 0 bridgehead atoms. The maximum atomic E-state index is 12.5. The molecule has 1 aromatic rings. The first-order valence-electron chi connectivity index (χ1n) is 6.80. The van der Waals surface area contributed by atoms with Gasteiger partial charge in [0.1, 0.15) is 16.6 Å². The SMILES string of the molecule is CC(C)(C)OC(=O)NCCCNc1cc(Cl)nc(C(F)(F)F)n1. The van der Waals surface area contributed by atoms with Crippen molar-refractivity contribution >= 4 is 23.5 Å². The Morgan fingerprint density at radius 3 is 2.48 bits per heavy atom. The number of aromatic nitrogens is 2. The number of rotatable bonds is 5. The van der Waals surface area contributed by atoms with E-state index in [9.17, 15) is 18.0 Å². The number of hydrogen-bond acceptors (Lipinski definition) is 5. The second kappa shape index (κ2) is 7.67. The van der Waals surface area contributed by atoms with Crippen molar-refractivity contribution in [2.45, 2.75) is 39.0 Å². The number of anilines is 1. The van der Waals surface area contributed by atoms with Gasteiger partial charge in [-0.1, -0.05) is 11.6 Å². The van der Waals surface area contributed by atoms with Crippen LogP contribution in [0.3, 0.4) is 0 Å². The van der Waals surface area contributed by atoms with Crippen molar-refractivity contribution in [3.63, 3.8) is 0 Å². The van der Waals surface area contributed by atoms with Gasteiger partial charge in [0.15, 0.2) is 0 Å². The largest absolute Gasteiger partial charge is 0.451 e. The normalized spacial score (nSPS) is 12.0. The van der Waals surface area contributed by atoms with Gasteiger partial charge in [-0.15, -0.1) is 0 Å². The third kappa shape index (κ3) is 7.87. The van der Waals surface area contributed by atoms with E-state index in [2.05, 4.69) is 20.6 Å². The average Bonchev–Trinajstić information content (AvgIpc) is 2.34. The minimum atomic E-state index is -4.67. The number of nitrogens with zero attached hydrogens (tertiary/aromatic N) is 2. The van der Waals surface area contributed by atoms with Crippen molar-refractivity contribution in [3.05, 3.63) is 17.0 Å². The van der Waals surface area contributed by atoms with Crippen LogP contribution in [0.1, 0.15) is 33.0 Å². The predicted molar refractivity (Wildman–Crippen MR) is 79.4 cm³/mol. The molecule has 1 aromatic heterocycles. The van der Waals surface area contributed by atoms with E-state index in [1.54, 1.807) is 20.8 Å². The lowest BCUT2D eigenvalue weighted by Crippen LogP contribution is -2.33. The van der Waals surface area contributed by atoms with Crippen LogP contribution in [-0.4, -0.2) is 34.8 Å². The average molecular weight is 355 g/mol. The van der Waals surface area contributed by atoms with E-state index in [1.165, 1.54) is 6.07 Å². The van der Waals surface area contributed by atoms with Crippen LogP contribution in [0.4, 0.5) is 23.8 Å². The van der Waals surface area contributed by atoms with Gasteiger partial charge in [-0.25, -0.2) is 14.8 Å². The van der Waals surface area contributed by atoms with Gasteiger partial charge < -0.3 is 15.4 Å². The van der Waals surface area contributed by atoms with Crippen LogP contribution < -0.4 is 10.6 Å². The van der Waals surface area contributed by atoms with E-state index in [1.807, 2.05) is 0 Å². The Bertz CT molecular complexity index is 547. The maximum absolute atomic E-state index is 12.5. The first kappa shape index (κ1) is 19.3. The van der Waals surface area contributed by atoms with Gasteiger partial charge in [0.2, 0.25) is 5.82 Å². The highest BCUT2D eigenvalue weighted by molar-refractivity contribution is 6.29. The summed E-state index contributed by atoms with van der Waals surface area (Å²) in [6, 6.07) is 1.19. The molecule has 1 heterocycles. The summed E-state index contributed by atoms with van der Waals surface area (Å²) in [6.07, 6.45) is -4.76. The number of hydrogen-bond donors (Lipinski definition) is 2. The Morgan fingerprint density at radius 1 is 1.26 bits per heavy atom. The summed E-state index contributed by atoms with van der Waals surface area (Å²) in [7, 11) is 0. The number of carbonyl (C=O) groups excluding carboxylic acids is 1. The van der Waals surface area contributed by atoms with Gasteiger partial charge in [0.05, 0.1) is 0 Å². The fourth-order valence-electron chi connectivity index (χ4n) is 1.44. The first-order valence-corrected chi connectivity index (χ1v) is 7.18. The lowest BCUT2D eigenvalue weighted by atomic mass is 10.2. The van der Waals surface area contributed by atoms with Crippen molar-refractivity contribution < 1.29 is 22.7 Å². The molecule has 1 amide bonds. The maximum Gasteiger partial charge on any atom is 0.451 e. The highest BCUT2D eigenvalue weighted by Crippen LogP contribution is 2.28. The number of ether oxygens (including phenoxy) is 1. The van der Waals surface area contributed by atoms with Gasteiger partial charge in [-0.2, -0.15) is 13.2 Å². The van der Waals surface area contributed by atoms with Crippen molar-refractivity contribution in [1.82, 2.24) is 15.3 Å². The molecule has 23 heavy (non-hydrogen) atoms. The topological polar surface area (TPSA) is 76.1 Å². The zero-order valence-corrected chi connectivity index (χ0v) is 13.7. The molecule has 0 atom stereocenters. The quantitative estimate of drug-likeness (QED) is 0.625. The molecule has 6 nitrogen and oxygen atoms in total. The fraction of sp³-hybridized carbons (Fsp3) is 0.615. The molecule has 0 saturated heterocycles. The lowest BCUT2D eigenvalue weighted by Gasteiger charge is -2.19. The standard InChI is InChI=1S/C13H18ClF3N4O2/c1-12(2,3)23-11(22)19-6-4-5-18-9-7-8(14)20-10(21-9)13(15,16)17/h7H,4-6H2,1-3H3,(H,19,22)(H,18,20,21). The summed E-state index contributed by atoms with van der Waals surface area (Å²) in [4.78, 5) is 17.8. The molecule has 1 rings (SSSR count). The van der Waals surface area contributed by atoms with E-state index in [0.29, 0.717) is 19.5 Å². The minimum absolute atomic E-state index is 0.0328. The predicted octanol–water partition coefficient (Wildman–Crippen LogP) is 3.48. The van der Waals surface area contributed by atoms with E-state index < -0.39 is 23.7 Å². The summed E-state index contributed by atoms with van der Waals surface area (Å²) in [6.45, 7) is 5.81. The Kier molecular flexibility index (Phi) is 6.43. The van der Waals surface area contributed by atoms with E-state index in [0.717, 1.165) is 0 Å². The molecule has 0 aliphatic rings. The molecule has 130 valence electrons. The Labute approximate surface area is 136 Å². The summed E-state index contributed by atoms with van der Waals surface area (Å²) >= 11 is 5.53. The Balaban J connectivity index is 2.39. The fourth-order valence-corrected chi connectivity index (χ4v) is 1.63. The highest BCUT2D eigenvalue weighted by Gasteiger charge is 2.35. The van der Waals surface area contributed by atoms with E-state index in [4.69, 9.17) is 16.3 Å². The molecule has 2 N–H and O–H groups in total. The number of alkyl carbamates (subject to hydrolysis) is 1. The molecule has 0 aliphatic carbocycles. The second-order valence-electron chi connectivity index (χ2n) is 5.61. The summed E-state index contributed by atoms with van der Waals surface area (Å²) in [5.74, 6) is -1.34. The third-order valence-electron chi connectivity index (χ3n) is 2.28. The summed E-state index contributed by atoms with van der Waals surface area (Å²) in [5, 5.41) is 4.92. The molecule has 0 saturated carbocycles. The number of carbonyl (C=O) groups is 1. The van der Waals surface area contributed by atoms with Crippen molar-refractivity contribution in [2.75, 3.05) is 18.4 Å². The number of halogens is 4. The van der Waals surface area contributed by atoms with Gasteiger partial charge in [-0.3, -0.25) is 0 Å². The molecular formula is C13H18ClF3N4O2. The van der Waals surface area contributed by atoms with Crippen LogP contribution in [0.5, 0.6) is 0 Å². The molecule has 0 fully saturated rings. The number of alkyl halides is 3. The van der Waals surface area contributed by atoms with Crippen molar-refractivity contribution in [1.29, 1.82) is 0 Å². The van der Waals surface area contributed by atoms with Gasteiger partial charge in [0, 0.05) is 19.2 Å². The molecule has 0 aliphatic heterocycles. The number of amides is 1. The zero-order valence-electron chi connectivity index (χ0n) is 12.9. The van der Waals surface area contributed by atoms with Crippen LogP contribution in [0.2, 0.25) is 5.15 Å². The molecule has 0 unspecified atom stereocenters. The smallest absolute Gasteiger partial charge is 0.444 e. The van der Waals surface area contributed by atoms with Crippen molar-refractivity contribution in [2.24, 2.45) is 0 Å². The van der Waals surface area contributed by atoms with Crippen molar-refractivity contribution in [3.8, 4) is 0 Å². The molecule has 0 aromatic carbocycles. The molecule has 0 spiro atoms. The summed E-state index contributed by atoms with van der Waals surface area (Å²) < 4.78 is 42.7. The Morgan fingerprint density at radius 2 is 1.91 bits per heavy atom. The zero-order chi connectivity index (χ0) is 17.7. The molecule has 0 radical (unpaired) electrons. The van der Waals surface area contributed by atoms with E-state index >= 15 is 0 Å². The van der Waals surface area contributed by atoms with Gasteiger partial charge >= 0.3 is 12.3 Å².